The van der Waals surface area contributed by atoms with Crippen molar-refractivity contribution >= 4 is 52.2 Å². The largest absolute Gasteiger partial charge is 0.354 e. The first-order chi connectivity index (χ1) is 16.3. The van der Waals surface area contributed by atoms with Gasteiger partial charge in [-0.3, -0.25) is 9.59 Å². The Labute approximate surface area is 208 Å². The third kappa shape index (κ3) is 5.67. The average molecular weight is 498 g/mol. The smallest absolute Gasteiger partial charge is 0.257 e. The molecule has 0 bridgehead atoms. The molecule has 176 valence electrons. The quantitative estimate of drug-likeness (QED) is 0.457. The highest BCUT2D eigenvalue weighted by atomic mass is 35.5. The van der Waals surface area contributed by atoms with Crippen molar-refractivity contribution in [1.82, 2.24) is 10.3 Å². The summed E-state index contributed by atoms with van der Waals surface area (Å²) in [5.41, 5.74) is 1.60. The van der Waals surface area contributed by atoms with Gasteiger partial charge in [-0.2, -0.15) is 0 Å². The van der Waals surface area contributed by atoms with Gasteiger partial charge in [0.2, 0.25) is 0 Å². The van der Waals surface area contributed by atoms with Gasteiger partial charge in [0, 0.05) is 37.1 Å². The molecular weight excluding hydrogens is 473 g/mol. The lowest BCUT2D eigenvalue weighted by Gasteiger charge is -2.36. The maximum absolute atomic E-state index is 12.8. The van der Waals surface area contributed by atoms with Crippen LogP contribution in [0, 0.1) is 0 Å². The number of aromatic nitrogens is 1. The predicted octanol–water partition coefficient (Wildman–Crippen LogP) is 5.08. The molecule has 9 heteroatoms. The minimum Gasteiger partial charge on any atom is -0.354 e. The number of carbonyl (C=O) groups excluding carboxylic acids is 2. The Hall–Kier alpha value is -3.13. The second kappa shape index (κ2) is 10.4. The third-order valence-electron chi connectivity index (χ3n) is 5.48. The van der Waals surface area contributed by atoms with Crippen LogP contribution in [0.1, 0.15) is 34.6 Å². The summed E-state index contributed by atoms with van der Waals surface area (Å²) in [6.07, 6.45) is 1.57. The number of amides is 2. The number of rotatable bonds is 5. The maximum Gasteiger partial charge on any atom is 0.257 e. The summed E-state index contributed by atoms with van der Waals surface area (Å²) in [6, 6.07) is 15.9. The van der Waals surface area contributed by atoms with Crippen molar-refractivity contribution in [1.29, 1.82) is 0 Å². The summed E-state index contributed by atoms with van der Waals surface area (Å²) in [6.45, 7) is 6.00. The number of hydrogen-bond acceptors (Lipinski definition) is 5. The molecule has 2 atom stereocenters. The van der Waals surface area contributed by atoms with Crippen LogP contribution in [-0.2, 0) is 0 Å². The maximum atomic E-state index is 12.8. The Morgan fingerprint density at radius 3 is 2.35 bits per heavy atom. The number of nitrogens with one attached hydrogen (secondary N) is 3. The second-order valence-electron chi connectivity index (χ2n) is 8.36. The van der Waals surface area contributed by atoms with Gasteiger partial charge in [0.05, 0.1) is 26.9 Å². The first-order valence-corrected chi connectivity index (χ1v) is 11.7. The molecule has 2 aromatic carbocycles. The van der Waals surface area contributed by atoms with E-state index in [4.69, 9.17) is 23.2 Å². The SMILES string of the molecule is CC1CN(c2ccc(C(=O)Nc3ccc(Cl)c(NC(=O)c4ccccc4Cl)c3)cn2)CC(C)N1. The summed E-state index contributed by atoms with van der Waals surface area (Å²) >= 11 is 12.4. The van der Waals surface area contributed by atoms with Crippen LogP contribution < -0.4 is 20.9 Å². The van der Waals surface area contributed by atoms with E-state index in [-0.39, 0.29) is 5.91 Å². The molecule has 0 saturated carbocycles. The van der Waals surface area contributed by atoms with Crippen molar-refractivity contribution in [3.63, 3.8) is 0 Å². The monoisotopic (exact) mass is 497 g/mol. The number of halogens is 2. The van der Waals surface area contributed by atoms with Gasteiger partial charge in [-0.15, -0.1) is 0 Å². The highest BCUT2D eigenvalue weighted by molar-refractivity contribution is 6.36. The van der Waals surface area contributed by atoms with Crippen molar-refractivity contribution in [3.8, 4) is 0 Å². The fraction of sp³-hybridized carbons (Fsp3) is 0.240. The molecule has 0 radical (unpaired) electrons. The van der Waals surface area contributed by atoms with Crippen LogP contribution in [0.4, 0.5) is 17.2 Å². The van der Waals surface area contributed by atoms with Crippen LogP contribution in [-0.4, -0.2) is 42.0 Å². The standard InChI is InChI=1S/C25H25Cl2N5O2/c1-15-13-32(14-16(2)29-15)23-10-7-17(12-28-23)24(33)30-18-8-9-21(27)22(11-18)31-25(34)19-5-3-4-6-20(19)26/h3-12,15-16,29H,13-14H2,1-2H3,(H,30,33)(H,31,34). The molecule has 1 saturated heterocycles. The molecule has 4 rings (SSSR count). The molecule has 2 heterocycles. The molecular formula is C25H25Cl2N5O2. The first-order valence-electron chi connectivity index (χ1n) is 10.9. The molecule has 0 aliphatic carbocycles. The highest BCUT2D eigenvalue weighted by Crippen LogP contribution is 2.27. The van der Waals surface area contributed by atoms with Gasteiger partial charge in [-0.05, 0) is 56.3 Å². The molecule has 34 heavy (non-hydrogen) atoms. The summed E-state index contributed by atoms with van der Waals surface area (Å²) in [5.74, 6) is 0.131. The zero-order chi connectivity index (χ0) is 24.2. The molecule has 2 amide bonds. The Morgan fingerprint density at radius 2 is 1.68 bits per heavy atom. The second-order valence-corrected chi connectivity index (χ2v) is 9.18. The Morgan fingerprint density at radius 1 is 0.941 bits per heavy atom. The van der Waals surface area contributed by atoms with Crippen LogP contribution >= 0.6 is 23.2 Å². The highest BCUT2D eigenvalue weighted by Gasteiger charge is 2.22. The van der Waals surface area contributed by atoms with E-state index < -0.39 is 5.91 Å². The number of anilines is 3. The van der Waals surface area contributed by atoms with Gasteiger partial charge >= 0.3 is 0 Å². The van der Waals surface area contributed by atoms with Crippen LogP contribution in [0.3, 0.4) is 0 Å². The van der Waals surface area contributed by atoms with E-state index in [0.29, 0.717) is 44.6 Å². The Balaban J connectivity index is 1.44. The van der Waals surface area contributed by atoms with E-state index in [1.165, 1.54) is 0 Å². The average Bonchev–Trinajstić information content (AvgIpc) is 2.81. The summed E-state index contributed by atoms with van der Waals surface area (Å²) in [4.78, 5) is 32.1. The Bertz CT molecular complexity index is 1190. The van der Waals surface area contributed by atoms with E-state index >= 15 is 0 Å². The Kier molecular flexibility index (Phi) is 7.36. The number of benzene rings is 2. The third-order valence-corrected chi connectivity index (χ3v) is 6.14. The number of piperazine rings is 1. The van der Waals surface area contributed by atoms with Crippen LogP contribution in [0.5, 0.6) is 0 Å². The lowest BCUT2D eigenvalue weighted by Crippen LogP contribution is -2.54. The van der Waals surface area contributed by atoms with Gasteiger partial charge in [0.1, 0.15) is 5.82 Å². The molecule has 3 N–H and O–H groups in total. The first kappa shape index (κ1) is 24.0. The minimum absolute atomic E-state index is 0.313. The van der Waals surface area contributed by atoms with Gasteiger partial charge < -0.3 is 20.9 Å². The normalized spacial score (nSPS) is 17.8. The predicted molar refractivity (Wildman–Crippen MR) is 137 cm³/mol. The lowest BCUT2D eigenvalue weighted by atomic mass is 10.1. The van der Waals surface area contributed by atoms with Gasteiger partial charge in [0.15, 0.2) is 0 Å². The van der Waals surface area contributed by atoms with Crippen LogP contribution in [0.15, 0.2) is 60.8 Å². The number of hydrogen-bond donors (Lipinski definition) is 3. The van der Waals surface area contributed by atoms with E-state index in [2.05, 4.69) is 39.7 Å². The van der Waals surface area contributed by atoms with E-state index in [9.17, 15) is 9.59 Å². The van der Waals surface area contributed by atoms with Crippen LogP contribution in [0.25, 0.3) is 0 Å². The molecule has 1 aliphatic heterocycles. The molecule has 1 aliphatic rings. The summed E-state index contributed by atoms with van der Waals surface area (Å²) < 4.78 is 0. The van der Waals surface area contributed by atoms with Crippen molar-refractivity contribution in [3.05, 3.63) is 82.0 Å². The fourth-order valence-corrected chi connectivity index (χ4v) is 4.34. The summed E-state index contributed by atoms with van der Waals surface area (Å²) in [5, 5.41) is 9.73. The fourth-order valence-electron chi connectivity index (χ4n) is 3.96. The minimum atomic E-state index is -0.396. The van der Waals surface area contributed by atoms with Crippen molar-refractivity contribution in [2.24, 2.45) is 0 Å². The van der Waals surface area contributed by atoms with Crippen LogP contribution in [0.2, 0.25) is 10.0 Å². The van der Waals surface area contributed by atoms with Crippen molar-refractivity contribution in [2.75, 3.05) is 28.6 Å². The van der Waals surface area contributed by atoms with Gasteiger partial charge in [-0.1, -0.05) is 35.3 Å². The zero-order valence-corrected chi connectivity index (χ0v) is 20.3. The molecule has 2 unspecified atom stereocenters. The topological polar surface area (TPSA) is 86.4 Å². The van der Waals surface area contributed by atoms with Gasteiger partial charge in [0.25, 0.3) is 11.8 Å². The van der Waals surface area contributed by atoms with E-state index in [1.807, 2.05) is 6.07 Å². The molecule has 0 spiro atoms. The molecule has 1 fully saturated rings. The van der Waals surface area contributed by atoms with E-state index in [0.717, 1.165) is 18.9 Å². The zero-order valence-electron chi connectivity index (χ0n) is 18.8. The molecule has 1 aromatic heterocycles. The number of pyridine rings is 1. The number of carbonyl (C=O) groups is 2. The van der Waals surface area contributed by atoms with Crippen molar-refractivity contribution in [2.45, 2.75) is 25.9 Å². The lowest BCUT2D eigenvalue weighted by molar-refractivity contribution is 0.101. The summed E-state index contributed by atoms with van der Waals surface area (Å²) in [7, 11) is 0. The molecule has 7 nitrogen and oxygen atoms in total. The van der Waals surface area contributed by atoms with E-state index in [1.54, 1.807) is 54.7 Å². The van der Waals surface area contributed by atoms with Gasteiger partial charge in [-0.25, -0.2) is 4.98 Å². The number of nitrogens with zero attached hydrogens (tertiary/aromatic N) is 2. The molecule has 3 aromatic rings. The van der Waals surface area contributed by atoms with Crippen molar-refractivity contribution < 1.29 is 9.59 Å².